The Morgan fingerprint density at radius 2 is 2.15 bits per heavy atom. The summed E-state index contributed by atoms with van der Waals surface area (Å²) < 4.78 is 5.33. The van der Waals surface area contributed by atoms with Crippen LogP contribution in [0.5, 0.6) is 0 Å². The summed E-state index contributed by atoms with van der Waals surface area (Å²) in [6, 6.07) is 4.49. The summed E-state index contributed by atoms with van der Waals surface area (Å²) >= 11 is 7.53. The molecule has 0 aromatic carbocycles. The third-order valence-electron chi connectivity index (χ3n) is 6.11. The van der Waals surface area contributed by atoms with E-state index in [1.165, 1.54) is 57.1 Å². The van der Waals surface area contributed by atoms with Gasteiger partial charge in [0.05, 0.1) is 12.8 Å². The second-order valence-electron chi connectivity index (χ2n) is 7.75. The Balaban J connectivity index is 1.19. The number of rotatable bonds is 6. The lowest BCUT2D eigenvalue weighted by Crippen LogP contribution is -2.59. The molecule has 144 valence electrons. The lowest BCUT2D eigenvalue weighted by molar-refractivity contribution is -0.00942. The van der Waals surface area contributed by atoms with Gasteiger partial charge >= 0.3 is 0 Å². The topological polar surface area (TPSA) is 43.7 Å². The molecular formula is C19H30N4OS2. The van der Waals surface area contributed by atoms with Crippen molar-refractivity contribution in [1.29, 1.82) is 0 Å². The first-order chi connectivity index (χ1) is 12.8. The third kappa shape index (κ3) is 4.74. The molecule has 4 aliphatic heterocycles. The second kappa shape index (κ2) is 8.95. The smallest absolute Gasteiger partial charge is 0.166 e. The molecule has 0 saturated carbocycles. The quantitative estimate of drug-likeness (QED) is 0.716. The van der Waals surface area contributed by atoms with Gasteiger partial charge in [-0.05, 0) is 55.6 Å². The number of hydrogen-bond donors (Lipinski definition) is 2. The molecule has 1 aromatic heterocycles. The average Bonchev–Trinajstić information content (AvgIpc) is 3.20. The standard InChI is InChI=1S/C19H30N4OS2/c25-19(21-12-18-2-1-7-24-18)20-11-17-10-15-3-4-23(17)14-16(15)13-22-5-8-26-9-6-22/h1-2,7,15-17H,3-6,8-14H2,(H2,20,21,25)/t15-,16-,17+/m0/s1. The fourth-order valence-corrected chi connectivity index (χ4v) is 5.77. The number of nitrogens with zero attached hydrogens (tertiary/aromatic N) is 2. The van der Waals surface area contributed by atoms with Crippen molar-refractivity contribution in [3.05, 3.63) is 24.2 Å². The van der Waals surface area contributed by atoms with Gasteiger partial charge in [0.15, 0.2) is 5.11 Å². The monoisotopic (exact) mass is 394 g/mol. The lowest BCUT2D eigenvalue weighted by Gasteiger charge is -2.51. The minimum absolute atomic E-state index is 0.630. The van der Waals surface area contributed by atoms with Crippen molar-refractivity contribution < 1.29 is 4.42 Å². The molecule has 4 aliphatic rings. The van der Waals surface area contributed by atoms with Gasteiger partial charge in [-0.25, -0.2) is 0 Å². The minimum atomic E-state index is 0.630. The molecule has 4 atom stereocenters. The zero-order chi connectivity index (χ0) is 17.8. The van der Waals surface area contributed by atoms with Crippen molar-refractivity contribution in [3.63, 3.8) is 0 Å². The molecule has 5 heterocycles. The Hall–Kier alpha value is -0.760. The van der Waals surface area contributed by atoms with Crippen molar-refractivity contribution in [2.75, 3.05) is 50.8 Å². The first-order valence-corrected chi connectivity index (χ1v) is 11.4. The maximum Gasteiger partial charge on any atom is 0.166 e. The largest absolute Gasteiger partial charge is 0.467 e. The Kier molecular flexibility index (Phi) is 6.40. The van der Waals surface area contributed by atoms with E-state index >= 15 is 0 Å². The van der Waals surface area contributed by atoms with Crippen LogP contribution in [0.3, 0.4) is 0 Å². The molecule has 0 amide bonds. The first-order valence-electron chi connectivity index (χ1n) is 9.86. The van der Waals surface area contributed by atoms with Gasteiger partial charge in [-0.1, -0.05) is 0 Å². The van der Waals surface area contributed by atoms with Gasteiger partial charge in [0.1, 0.15) is 5.76 Å². The van der Waals surface area contributed by atoms with E-state index in [1.54, 1.807) is 6.26 Å². The normalized spacial score (nSPS) is 31.7. The summed E-state index contributed by atoms with van der Waals surface area (Å²) in [6.45, 7) is 8.01. The summed E-state index contributed by atoms with van der Waals surface area (Å²) in [5.41, 5.74) is 0. The molecule has 4 saturated heterocycles. The van der Waals surface area contributed by atoms with Crippen molar-refractivity contribution in [2.24, 2.45) is 11.8 Å². The molecule has 2 N–H and O–H groups in total. The molecule has 2 bridgehead atoms. The van der Waals surface area contributed by atoms with Crippen LogP contribution in [-0.2, 0) is 6.54 Å². The van der Waals surface area contributed by atoms with Crippen molar-refractivity contribution in [2.45, 2.75) is 25.4 Å². The van der Waals surface area contributed by atoms with Crippen molar-refractivity contribution in [1.82, 2.24) is 20.4 Å². The summed E-state index contributed by atoms with van der Waals surface area (Å²) in [4.78, 5) is 5.40. The maximum absolute atomic E-state index is 5.42. The third-order valence-corrected chi connectivity index (χ3v) is 7.34. The van der Waals surface area contributed by atoms with E-state index < -0.39 is 0 Å². The molecule has 0 spiro atoms. The number of piperidine rings is 3. The molecule has 0 aliphatic carbocycles. The molecule has 0 radical (unpaired) electrons. The molecule has 5 rings (SSSR count). The van der Waals surface area contributed by atoms with E-state index in [1.807, 2.05) is 12.1 Å². The van der Waals surface area contributed by atoms with Crippen LogP contribution < -0.4 is 10.6 Å². The number of fused-ring (bicyclic) bond motifs is 3. The van der Waals surface area contributed by atoms with E-state index in [9.17, 15) is 0 Å². The second-order valence-corrected chi connectivity index (χ2v) is 9.38. The highest BCUT2D eigenvalue weighted by Crippen LogP contribution is 2.36. The van der Waals surface area contributed by atoms with Crippen LogP contribution in [0.1, 0.15) is 18.6 Å². The van der Waals surface area contributed by atoms with E-state index in [4.69, 9.17) is 16.6 Å². The van der Waals surface area contributed by atoms with Crippen molar-refractivity contribution >= 4 is 29.1 Å². The van der Waals surface area contributed by atoms with Crippen molar-refractivity contribution in [3.8, 4) is 0 Å². The molecule has 4 fully saturated rings. The number of thioether (sulfide) groups is 1. The van der Waals surface area contributed by atoms with E-state index in [0.29, 0.717) is 12.6 Å². The SMILES string of the molecule is S=C(NCc1ccco1)NC[C@H]1C[C@@H]2CCN1C[C@@H]2CN1CCSCC1. The molecule has 1 aromatic rings. The van der Waals surface area contributed by atoms with E-state index in [0.717, 1.165) is 29.3 Å². The van der Waals surface area contributed by atoms with Gasteiger partial charge in [-0.2, -0.15) is 11.8 Å². The first kappa shape index (κ1) is 18.6. The Morgan fingerprint density at radius 1 is 1.27 bits per heavy atom. The summed E-state index contributed by atoms with van der Waals surface area (Å²) in [5.74, 6) is 5.30. The Labute approximate surface area is 166 Å². The number of nitrogens with one attached hydrogen (secondary N) is 2. The van der Waals surface area contributed by atoms with Gasteiger partial charge in [0.25, 0.3) is 0 Å². The van der Waals surface area contributed by atoms with Crippen LogP contribution in [-0.4, -0.2) is 71.7 Å². The highest BCUT2D eigenvalue weighted by atomic mass is 32.2. The zero-order valence-electron chi connectivity index (χ0n) is 15.4. The Morgan fingerprint density at radius 3 is 2.88 bits per heavy atom. The fourth-order valence-electron chi connectivity index (χ4n) is 4.64. The highest BCUT2D eigenvalue weighted by molar-refractivity contribution is 7.99. The van der Waals surface area contributed by atoms with Crippen LogP contribution in [0.2, 0.25) is 0 Å². The number of furan rings is 1. The van der Waals surface area contributed by atoms with Crippen LogP contribution in [0.4, 0.5) is 0 Å². The molecule has 5 nitrogen and oxygen atoms in total. The predicted molar refractivity (Wildman–Crippen MR) is 111 cm³/mol. The molecule has 1 unspecified atom stereocenters. The van der Waals surface area contributed by atoms with Gasteiger partial charge in [-0.15, -0.1) is 0 Å². The average molecular weight is 395 g/mol. The summed E-state index contributed by atoms with van der Waals surface area (Å²) in [7, 11) is 0. The number of hydrogen-bond acceptors (Lipinski definition) is 5. The van der Waals surface area contributed by atoms with Crippen LogP contribution >= 0.6 is 24.0 Å². The predicted octanol–water partition coefficient (Wildman–Crippen LogP) is 2.00. The minimum Gasteiger partial charge on any atom is -0.467 e. The molecule has 26 heavy (non-hydrogen) atoms. The van der Waals surface area contributed by atoms with Crippen LogP contribution in [0, 0.1) is 11.8 Å². The maximum atomic E-state index is 5.42. The molecule has 7 heteroatoms. The fraction of sp³-hybridized carbons (Fsp3) is 0.737. The van der Waals surface area contributed by atoms with Gasteiger partial charge in [-0.3, -0.25) is 4.90 Å². The molecular weight excluding hydrogens is 364 g/mol. The van der Waals surface area contributed by atoms with Gasteiger partial charge < -0.3 is 20.0 Å². The van der Waals surface area contributed by atoms with Crippen LogP contribution in [0.15, 0.2) is 22.8 Å². The Bertz CT molecular complexity index is 576. The van der Waals surface area contributed by atoms with E-state index in [-0.39, 0.29) is 0 Å². The van der Waals surface area contributed by atoms with Crippen LogP contribution in [0.25, 0.3) is 0 Å². The zero-order valence-corrected chi connectivity index (χ0v) is 17.0. The number of thiocarbonyl (C=S) groups is 1. The van der Waals surface area contributed by atoms with Gasteiger partial charge in [0, 0.05) is 50.3 Å². The van der Waals surface area contributed by atoms with E-state index in [2.05, 4.69) is 32.2 Å². The summed E-state index contributed by atoms with van der Waals surface area (Å²) in [6.07, 6.45) is 4.39. The lowest BCUT2D eigenvalue weighted by atomic mass is 9.75. The summed E-state index contributed by atoms with van der Waals surface area (Å²) in [5, 5.41) is 7.38. The highest BCUT2D eigenvalue weighted by Gasteiger charge is 2.40. The van der Waals surface area contributed by atoms with Gasteiger partial charge in [0.2, 0.25) is 0 Å².